The van der Waals surface area contributed by atoms with Crippen LogP contribution in [0, 0.1) is 0 Å². The van der Waals surface area contributed by atoms with Gasteiger partial charge in [0.1, 0.15) is 0 Å². The molecular formula is C13H20N4O3S. The number of hydrogen-bond acceptors (Lipinski definition) is 4. The summed E-state index contributed by atoms with van der Waals surface area (Å²) in [7, 11) is -3.27. The third-order valence-corrected chi connectivity index (χ3v) is 5.43. The zero-order valence-corrected chi connectivity index (χ0v) is 12.8. The molecule has 0 saturated heterocycles. The van der Waals surface area contributed by atoms with Crippen LogP contribution in [0.3, 0.4) is 0 Å². The van der Waals surface area contributed by atoms with E-state index in [4.69, 9.17) is 0 Å². The van der Waals surface area contributed by atoms with Crippen molar-refractivity contribution in [1.29, 1.82) is 0 Å². The third kappa shape index (κ3) is 3.11. The maximum Gasteiger partial charge on any atom is 0.222 e. The minimum atomic E-state index is -3.27. The average Bonchev–Trinajstić information content (AvgIpc) is 2.81. The molecule has 2 aliphatic rings. The summed E-state index contributed by atoms with van der Waals surface area (Å²) in [6, 6.07) is 1.86. The Bertz CT molecular complexity index is 636. The highest BCUT2D eigenvalue weighted by molar-refractivity contribution is 7.88. The largest absolute Gasteiger partial charge is 0.353 e. The van der Waals surface area contributed by atoms with Crippen LogP contribution < -0.4 is 5.32 Å². The zero-order chi connectivity index (χ0) is 15.0. The summed E-state index contributed by atoms with van der Waals surface area (Å²) < 4.78 is 26.7. The number of nitrogens with zero attached hydrogens (tertiary/aromatic N) is 3. The Morgan fingerprint density at radius 3 is 2.86 bits per heavy atom. The van der Waals surface area contributed by atoms with Crippen molar-refractivity contribution in [1.82, 2.24) is 19.4 Å². The lowest BCUT2D eigenvalue weighted by molar-refractivity contribution is -0.123. The number of carbonyl (C=O) groups is 1. The summed E-state index contributed by atoms with van der Waals surface area (Å²) in [6.07, 6.45) is 6.36. The molecule has 1 atom stereocenters. The summed E-state index contributed by atoms with van der Waals surface area (Å²) in [4.78, 5) is 12.1. The molecule has 1 saturated carbocycles. The highest BCUT2D eigenvalue weighted by Gasteiger charge is 2.32. The number of fused-ring (bicyclic) bond motifs is 1. The van der Waals surface area contributed by atoms with E-state index in [-0.39, 0.29) is 18.4 Å². The molecule has 0 bridgehead atoms. The molecule has 21 heavy (non-hydrogen) atoms. The standard InChI is InChI=1S/C13H20N4O3S/c1-21(19,20)16-8-11-5-6-14-17(11)12(9-16)7-13(18)15-10-3-2-4-10/h5-6,10,12H,2-4,7-9H2,1H3,(H,15,18)/t12-/m1/s1. The summed E-state index contributed by atoms with van der Waals surface area (Å²) in [5.74, 6) is -0.0264. The van der Waals surface area contributed by atoms with E-state index in [1.807, 2.05) is 0 Å². The monoisotopic (exact) mass is 312 g/mol. The molecule has 8 heteroatoms. The highest BCUT2D eigenvalue weighted by Crippen LogP contribution is 2.25. The molecule has 1 fully saturated rings. The van der Waals surface area contributed by atoms with Gasteiger partial charge in [-0.05, 0) is 25.3 Å². The van der Waals surface area contributed by atoms with Gasteiger partial charge in [0.15, 0.2) is 0 Å². The lowest BCUT2D eigenvalue weighted by Crippen LogP contribution is -2.44. The van der Waals surface area contributed by atoms with Crippen molar-refractivity contribution in [3.8, 4) is 0 Å². The van der Waals surface area contributed by atoms with Gasteiger partial charge in [0, 0.05) is 18.8 Å². The number of rotatable bonds is 4. The molecule has 0 aromatic carbocycles. The Hall–Kier alpha value is -1.41. The van der Waals surface area contributed by atoms with E-state index in [2.05, 4.69) is 10.4 Å². The van der Waals surface area contributed by atoms with Crippen molar-refractivity contribution < 1.29 is 13.2 Å². The van der Waals surface area contributed by atoms with Gasteiger partial charge in [0.25, 0.3) is 0 Å². The van der Waals surface area contributed by atoms with Crippen molar-refractivity contribution in [3.63, 3.8) is 0 Å². The molecule has 1 aliphatic heterocycles. The molecule has 3 rings (SSSR count). The Morgan fingerprint density at radius 1 is 1.48 bits per heavy atom. The highest BCUT2D eigenvalue weighted by atomic mass is 32.2. The van der Waals surface area contributed by atoms with Crippen molar-refractivity contribution in [2.75, 3.05) is 12.8 Å². The van der Waals surface area contributed by atoms with E-state index < -0.39 is 10.0 Å². The smallest absolute Gasteiger partial charge is 0.222 e. The normalized spacial score (nSPS) is 23.4. The predicted molar refractivity (Wildman–Crippen MR) is 76.9 cm³/mol. The third-order valence-electron chi connectivity index (χ3n) is 4.21. The summed E-state index contributed by atoms with van der Waals surface area (Å²) in [5.41, 5.74) is 0.827. The second-order valence-corrected chi connectivity index (χ2v) is 7.86. The van der Waals surface area contributed by atoms with E-state index in [9.17, 15) is 13.2 Å². The molecule has 7 nitrogen and oxygen atoms in total. The van der Waals surface area contributed by atoms with E-state index in [0.717, 1.165) is 18.5 Å². The second-order valence-electron chi connectivity index (χ2n) is 5.88. The number of amides is 1. The van der Waals surface area contributed by atoms with Crippen LogP contribution in [-0.2, 0) is 21.4 Å². The molecule has 1 amide bonds. The van der Waals surface area contributed by atoms with E-state index in [1.165, 1.54) is 17.0 Å². The van der Waals surface area contributed by atoms with Gasteiger partial charge in [-0.3, -0.25) is 9.48 Å². The van der Waals surface area contributed by atoms with Crippen LogP contribution in [0.2, 0.25) is 0 Å². The van der Waals surface area contributed by atoms with Crippen molar-refractivity contribution >= 4 is 15.9 Å². The maximum atomic E-state index is 12.1. The number of nitrogens with one attached hydrogen (secondary N) is 1. The summed E-state index contributed by atoms with van der Waals surface area (Å²) in [5, 5.41) is 7.23. The van der Waals surface area contributed by atoms with Crippen LogP contribution in [0.15, 0.2) is 12.3 Å². The van der Waals surface area contributed by atoms with E-state index in [0.29, 0.717) is 19.1 Å². The van der Waals surface area contributed by atoms with Gasteiger partial charge in [-0.2, -0.15) is 9.40 Å². The molecule has 0 unspecified atom stereocenters. The first-order valence-electron chi connectivity index (χ1n) is 7.20. The van der Waals surface area contributed by atoms with Crippen LogP contribution in [0.4, 0.5) is 0 Å². The predicted octanol–water partition coefficient (Wildman–Crippen LogP) is 0.258. The first-order valence-corrected chi connectivity index (χ1v) is 9.05. The number of sulfonamides is 1. The fraction of sp³-hybridized carbons (Fsp3) is 0.692. The van der Waals surface area contributed by atoms with Crippen LogP contribution in [0.5, 0.6) is 0 Å². The molecule has 1 N–H and O–H groups in total. The zero-order valence-electron chi connectivity index (χ0n) is 12.0. The van der Waals surface area contributed by atoms with Gasteiger partial charge >= 0.3 is 0 Å². The minimum Gasteiger partial charge on any atom is -0.353 e. The Balaban J connectivity index is 1.72. The number of hydrogen-bond donors (Lipinski definition) is 1. The molecule has 2 heterocycles. The first kappa shape index (κ1) is 14.5. The number of aromatic nitrogens is 2. The Morgan fingerprint density at radius 2 is 2.24 bits per heavy atom. The van der Waals surface area contributed by atoms with E-state index in [1.54, 1.807) is 16.9 Å². The van der Waals surface area contributed by atoms with Crippen LogP contribution in [-0.4, -0.2) is 47.3 Å². The van der Waals surface area contributed by atoms with Crippen LogP contribution in [0.25, 0.3) is 0 Å². The average molecular weight is 312 g/mol. The van der Waals surface area contributed by atoms with Gasteiger partial charge in [-0.15, -0.1) is 0 Å². The fourth-order valence-corrected chi connectivity index (χ4v) is 3.62. The van der Waals surface area contributed by atoms with Crippen LogP contribution >= 0.6 is 0 Å². The molecule has 116 valence electrons. The summed E-state index contributed by atoms with van der Waals surface area (Å²) >= 11 is 0. The first-order chi connectivity index (χ1) is 9.93. The van der Waals surface area contributed by atoms with E-state index >= 15 is 0 Å². The van der Waals surface area contributed by atoms with Crippen molar-refractivity contribution in [3.05, 3.63) is 18.0 Å². The Kier molecular flexibility index (Phi) is 3.75. The van der Waals surface area contributed by atoms with Gasteiger partial charge in [-0.25, -0.2) is 8.42 Å². The van der Waals surface area contributed by atoms with Crippen molar-refractivity contribution in [2.45, 2.75) is 44.3 Å². The molecule has 0 radical (unpaired) electrons. The summed E-state index contributed by atoms with van der Waals surface area (Å²) in [6.45, 7) is 0.616. The molecule has 1 aliphatic carbocycles. The minimum absolute atomic E-state index is 0.0264. The van der Waals surface area contributed by atoms with Gasteiger partial charge in [0.2, 0.25) is 15.9 Å². The lowest BCUT2D eigenvalue weighted by Gasteiger charge is -2.33. The molecular weight excluding hydrogens is 292 g/mol. The van der Waals surface area contributed by atoms with Crippen molar-refractivity contribution in [2.24, 2.45) is 0 Å². The second kappa shape index (κ2) is 5.42. The topological polar surface area (TPSA) is 84.3 Å². The molecule has 1 aromatic heterocycles. The molecule has 0 spiro atoms. The molecule has 1 aromatic rings. The van der Waals surface area contributed by atoms with Gasteiger partial charge < -0.3 is 5.32 Å². The van der Waals surface area contributed by atoms with Gasteiger partial charge in [-0.1, -0.05) is 0 Å². The fourth-order valence-electron chi connectivity index (χ4n) is 2.81. The number of carbonyl (C=O) groups excluding carboxylic acids is 1. The maximum absolute atomic E-state index is 12.1. The Labute approximate surface area is 124 Å². The van der Waals surface area contributed by atoms with Crippen LogP contribution in [0.1, 0.15) is 37.4 Å². The SMILES string of the molecule is CS(=O)(=O)N1Cc2ccnn2[C@H](CC(=O)NC2CCC2)C1. The quantitative estimate of drug-likeness (QED) is 0.864. The lowest BCUT2D eigenvalue weighted by atomic mass is 9.93. The van der Waals surface area contributed by atoms with Gasteiger partial charge in [0.05, 0.1) is 31.0 Å².